The quantitative estimate of drug-likeness (QED) is 0.779. The molecule has 0 bridgehead atoms. The van der Waals surface area contributed by atoms with Gasteiger partial charge in [0.05, 0.1) is 0 Å². The number of benzene rings is 1. The number of aryl methyl sites for hydroxylation is 2. The van der Waals surface area contributed by atoms with Crippen LogP contribution in [0.4, 0.5) is 0 Å². The normalized spacial score (nSPS) is 16.4. The highest BCUT2D eigenvalue weighted by Crippen LogP contribution is 2.27. The Morgan fingerprint density at radius 3 is 2.81 bits per heavy atom. The van der Waals surface area contributed by atoms with Crippen LogP contribution in [0.2, 0.25) is 0 Å². The predicted octanol–water partition coefficient (Wildman–Crippen LogP) is 3.07. The fourth-order valence-electron chi connectivity index (χ4n) is 4.00. The summed E-state index contributed by atoms with van der Waals surface area (Å²) >= 11 is 0. The van der Waals surface area contributed by atoms with E-state index in [1.54, 1.807) is 7.05 Å². The number of carbonyl (C=O) groups is 1. The lowest BCUT2D eigenvalue weighted by Gasteiger charge is -2.31. The van der Waals surface area contributed by atoms with Crippen molar-refractivity contribution in [2.75, 3.05) is 20.6 Å². The number of rotatable bonds is 8. The molecule has 1 aromatic heterocycles. The third kappa shape index (κ3) is 4.59. The summed E-state index contributed by atoms with van der Waals surface area (Å²) in [6, 6.07) is 11.0. The Morgan fingerprint density at radius 2 is 2.11 bits per heavy atom. The van der Waals surface area contributed by atoms with Gasteiger partial charge in [-0.15, -0.1) is 0 Å². The van der Waals surface area contributed by atoms with Crippen LogP contribution in [0.5, 0.6) is 0 Å². The molecule has 27 heavy (non-hydrogen) atoms. The number of nitrogens with zero attached hydrogens (tertiary/aromatic N) is 3. The third-order valence-electron chi connectivity index (χ3n) is 5.71. The molecule has 1 aromatic carbocycles. The molecular weight excluding hydrogens is 336 g/mol. The van der Waals surface area contributed by atoms with E-state index in [1.807, 2.05) is 6.07 Å². The van der Waals surface area contributed by atoms with Crippen molar-refractivity contribution in [3.05, 3.63) is 52.8 Å². The number of nitrogens with one attached hydrogen (secondary N) is 1. The van der Waals surface area contributed by atoms with E-state index >= 15 is 0 Å². The summed E-state index contributed by atoms with van der Waals surface area (Å²) in [5.41, 5.74) is 4.33. The average Bonchev–Trinajstić information content (AvgIpc) is 3.08. The van der Waals surface area contributed by atoms with Gasteiger partial charge in [-0.1, -0.05) is 43.7 Å². The largest absolute Gasteiger partial charge is 0.354 e. The highest BCUT2D eigenvalue weighted by atomic mass is 16.1. The number of carbonyl (C=O) groups excluding carboxylic acids is 1. The van der Waals surface area contributed by atoms with Crippen LogP contribution in [0, 0.1) is 0 Å². The number of hydrogen-bond donors (Lipinski definition) is 1. The summed E-state index contributed by atoms with van der Waals surface area (Å²) in [5.74, 6) is -0.0680. The van der Waals surface area contributed by atoms with E-state index in [2.05, 4.69) is 53.1 Å². The Bertz CT molecular complexity index is 753. The van der Waals surface area contributed by atoms with Crippen LogP contribution < -0.4 is 5.32 Å². The first-order valence-electron chi connectivity index (χ1n) is 10.2. The molecule has 0 aliphatic heterocycles. The zero-order valence-corrected chi connectivity index (χ0v) is 16.9. The topological polar surface area (TPSA) is 50.2 Å². The molecule has 146 valence electrons. The average molecular weight is 369 g/mol. The summed E-state index contributed by atoms with van der Waals surface area (Å²) in [6.07, 6.45) is 6.42. The van der Waals surface area contributed by atoms with E-state index in [9.17, 15) is 4.79 Å². The molecule has 1 N–H and O–H groups in total. The molecule has 1 aliphatic carbocycles. The van der Waals surface area contributed by atoms with Crippen molar-refractivity contribution in [1.82, 2.24) is 20.0 Å². The minimum absolute atomic E-state index is 0.0680. The van der Waals surface area contributed by atoms with Crippen molar-refractivity contribution in [2.45, 2.75) is 58.0 Å². The second kappa shape index (κ2) is 9.18. The van der Waals surface area contributed by atoms with Gasteiger partial charge in [0.2, 0.25) is 0 Å². The summed E-state index contributed by atoms with van der Waals surface area (Å²) in [7, 11) is 3.90. The third-order valence-corrected chi connectivity index (χ3v) is 5.71. The SMILES string of the molecule is CCCCN(C)C1CCc2c(c(C(=O)NC)nn2CCc2ccccc2)C1. The van der Waals surface area contributed by atoms with Gasteiger partial charge in [0.15, 0.2) is 5.69 Å². The Kier molecular flexibility index (Phi) is 6.67. The van der Waals surface area contributed by atoms with Crippen LogP contribution >= 0.6 is 0 Å². The first kappa shape index (κ1) is 19.6. The molecule has 1 unspecified atom stereocenters. The maximum Gasteiger partial charge on any atom is 0.271 e. The highest BCUT2D eigenvalue weighted by Gasteiger charge is 2.30. The van der Waals surface area contributed by atoms with Crippen molar-refractivity contribution < 1.29 is 4.79 Å². The van der Waals surface area contributed by atoms with Gasteiger partial charge in [-0.2, -0.15) is 5.10 Å². The summed E-state index contributed by atoms with van der Waals surface area (Å²) in [5, 5.41) is 7.49. The number of fused-ring (bicyclic) bond motifs is 1. The molecule has 1 aliphatic rings. The maximum atomic E-state index is 12.4. The van der Waals surface area contributed by atoms with E-state index < -0.39 is 0 Å². The number of hydrogen-bond acceptors (Lipinski definition) is 3. The van der Waals surface area contributed by atoms with Crippen LogP contribution in [0.1, 0.15) is 53.5 Å². The molecule has 0 spiro atoms. The van der Waals surface area contributed by atoms with Crippen LogP contribution in [0.3, 0.4) is 0 Å². The zero-order valence-electron chi connectivity index (χ0n) is 16.9. The molecule has 1 atom stereocenters. The van der Waals surface area contributed by atoms with Gasteiger partial charge >= 0.3 is 0 Å². The molecule has 0 fully saturated rings. The van der Waals surface area contributed by atoms with Crippen molar-refractivity contribution >= 4 is 5.91 Å². The predicted molar refractivity (Wildman–Crippen MR) is 109 cm³/mol. The number of aromatic nitrogens is 2. The van der Waals surface area contributed by atoms with E-state index in [1.165, 1.54) is 24.1 Å². The first-order chi connectivity index (χ1) is 13.1. The molecule has 0 radical (unpaired) electrons. The molecular formula is C22H32N4O. The molecule has 0 saturated heterocycles. The molecule has 1 amide bonds. The van der Waals surface area contributed by atoms with Gasteiger partial charge in [-0.05, 0) is 51.3 Å². The summed E-state index contributed by atoms with van der Waals surface area (Å²) in [6.45, 7) is 4.17. The molecule has 3 rings (SSSR count). The fourth-order valence-corrected chi connectivity index (χ4v) is 4.00. The van der Waals surface area contributed by atoms with E-state index in [0.29, 0.717) is 11.7 Å². The molecule has 5 heteroatoms. The number of amides is 1. The Hall–Kier alpha value is -2.14. The van der Waals surface area contributed by atoms with Gasteiger partial charge in [0.25, 0.3) is 5.91 Å². The van der Waals surface area contributed by atoms with Crippen LogP contribution in [-0.4, -0.2) is 47.3 Å². The molecule has 1 heterocycles. The maximum absolute atomic E-state index is 12.4. The Balaban J connectivity index is 1.79. The van der Waals surface area contributed by atoms with Crippen molar-refractivity contribution in [3.63, 3.8) is 0 Å². The molecule has 0 saturated carbocycles. The summed E-state index contributed by atoms with van der Waals surface area (Å²) in [4.78, 5) is 14.9. The van der Waals surface area contributed by atoms with Crippen LogP contribution in [0.15, 0.2) is 30.3 Å². The standard InChI is InChI=1S/C22H32N4O/c1-4-5-14-25(3)18-11-12-20-19(16-18)21(22(27)23-2)24-26(20)15-13-17-9-7-6-8-10-17/h6-10,18H,4-5,11-16H2,1-3H3,(H,23,27). The Morgan fingerprint density at radius 1 is 1.33 bits per heavy atom. The van der Waals surface area contributed by atoms with E-state index in [-0.39, 0.29) is 5.91 Å². The first-order valence-corrected chi connectivity index (χ1v) is 10.2. The summed E-state index contributed by atoms with van der Waals surface area (Å²) < 4.78 is 2.08. The van der Waals surface area contributed by atoms with Crippen LogP contribution in [0.25, 0.3) is 0 Å². The Labute approximate surface area is 162 Å². The lowest BCUT2D eigenvalue weighted by atomic mass is 9.90. The second-order valence-corrected chi connectivity index (χ2v) is 7.54. The number of likely N-dealkylation sites (N-methyl/N-ethyl adjacent to an activating group) is 1. The second-order valence-electron chi connectivity index (χ2n) is 7.54. The van der Waals surface area contributed by atoms with Gasteiger partial charge < -0.3 is 10.2 Å². The van der Waals surface area contributed by atoms with Gasteiger partial charge in [-0.25, -0.2) is 0 Å². The van der Waals surface area contributed by atoms with Gasteiger partial charge in [0.1, 0.15) is 0 Å². The van der Waals surface area contributed by atoms with Crippen molar-refractivity contribution in [1.29, 1.82) is 0 Å². The smallest absolute Gasteiger partial charge is 0.271 e. The van der Waals surface area contributed by atoms with Gasteiger partial charge in [0, 0.05) is 30.9 Å². The lowest BCUT2D eigenvalue weighted by Crippen LogP contribution is -2.37. The van der Waals surface area contributed by atoms with Gasteiger partial charge in [-0.3, -0.25) is 9.48 Å². The molecule has 5 nitrogen and oxygen atoms in total. The molecule has 2 aromatic rings. The van der Waals surface area contributed by atoms with E-state index in [4.69, 9.17) is 5.10 Å². The fraction of sp³-hybridized carbons (Fsp3) is 0.545. The minimum Gasteiger partial charge on any atom is -0.354 e. The lowest BCUT2D eigenvalue weighted by molar-refractivity contribution is 0.0955. The zero-order chi connectivity index (χ0) is 19.2. The van der Waals surface area contributed by atoms with E-state index in [0.717, 1.165) is 44.3 Å². The van der Waals surface area contributed by atoms with Crippen molar-refractivity contribution in [2.24, 2.45) is 0 Å². The highest BCUT2D eigenvalue weighted by molar-refractivity contribution is 5.93. The number of unbranched alkanes of at least 4 members (excludes halogenated alkanes) is 1. The van der Waals surface area contributed by atoms with Crippen LogP contribution in [-0.2, 0) is 25.8 Å². The monoisotopic (exact) mass is 368 g/mol. The minimum atomic E-state index is -0.0680. The van der Waals surface area contributed by atoms with Crippen molar-refractivity contribution in [3.8, 4) is 0 Å².